The van der Waals surface area contributed by atoms with Gasteiger partial charge in [-0.1, -0.05) is 46.9 Å². The minimum atomic E-state index is -0.640. The minimum absolute atomic E-state index is 0.0706. The standard InChI is InChI=1S/C21H17Cl3N2O2/c22-13-6-4-12(5-7-13)11-26-17-9-8-14(23)10-16(17)18(20(26)24)19(27)21(28)25-15-2-1-3-15/h4-10,15H,1-3,11H2,(H,25,28). The maximum Gasteiger partial charge on any atom is 0.292 e. The Morgan fingerprint density at radius 3 is 2.32 bits per heavy atom. The highest BCUT2D eigenvalue weighted by molar-refractivity contribution is 6.49. The van der Waals surface area contributed by atoms with E-state index in [2.05, 4.69) is 5.32 Å². The monoisotopic (exact) mass is 434 g/mol. The first-order valence-electron chi connectivity index (χ1n) is 9.01. The molecule has 1 saturated carbocycles. The van der Waals surface area contributed by atoms with Gasteiger partial charge in [0.15, 0.2) is 0 Å². The first-order valence-corrected chi connectivity index (χ1v) is 10.1. The number of rotatable bonds is 5. The molecule has 0 radical (unpaired) electrons. The van der Waals surface area contributed by atoms with Crippen molar-refractivity contribution in [2.75, 3.05) is 0 Å². The molecule has 0 bridgehead atoms. The van der Waals surface area contributed by atoms with Gasteiger partial charge in [0.2, 0.25) is 0 Å². The number of aromatic nitrogens is 1. The molecule has 1 aromatic heterocycles. The van der Waals surface area contributed by atoms with Crippen molar-refractivity contribution >= 4 is 57.4 Å². The van der Waals surface area contributed by atoms with Crippen LogP contribution in [0.15, 0.2) is 42.5 Å². The van der Waals surface area contributed by atoms with E-state index in [9.17, 15) is 9.59 Å². The second-order valence-electron chi connectivity index (χ2n) is 6.97. The van der Waals surface area contributed by atoms with Gasteiger partial charge in [-0.3, -0.25) is 9.59 Å². The Hall–Kier alpha value is -2.01. The van der Waals surface area contributed by atoms with Crippen LogP contribution in [-0.4, -0.2) is 22.3 Å². The smallest absolute Gasteiger partial charge is 0.292 e. The van der Waals surface area contributed by atoms with Gasteiger partial charge < -0.3 is 9.88 Å². The van der Waals surface area contributed by atoms with E-state index in [1.165, 1.54) is 0 Å². The normalized spacial score (nSPS) is 14.1. The summed E-state index contributed by atoms with van der Waals surface area (Å²) in [5.41, 5.74) is 1.89. The lowest BCUT2D eigenvalue weighted by Gasteiger charge is -2.25. The van der Waals surface area contributed by atoms with Crippen LogP contribution in [0.1, 0.15) is 35.2 Å². The van der Waals surface area contributed by atoms with Gasteiger partial charge in [-0.05, 0) is 55.2 Å². The molecule has 28 heavy (non-hydrogen) atoms. The number of Topliss-reactive ketones (excluding diaryl/α,β-unsaturated/α-hetero) is 1. The minimum Gasteiger partial charge on any atom is -0.346 e. The van der Waals surface area contributed by atoms with E-state index >= 15 is 0 Å². The summed E-state index contributed by atoms with van der Waals surface area (Å²) in [6.45, 7) is 0.436. The topological polar surface area (TPSA) is 51.1 Å². The van der Waals surface area contributed by atoms with Gasteiger partial charge in [0.05, 0.1) is 11.1 Å². The Bertz CT molecular complexity index is 1070. The van der Waals surface area contributed by atoms with Crippen LogP contribution < -0.4 is 5.32 Å². The number of hydrogen-bond acceptors (Lipinski definition) is 2. The summed E-state index contributed by atoms with van der Waals surface area (Å²) in [4.78, 5) is 25.4. The molecule has 4 nitrogen and oxygen atoms in total. The molecule has 1 aliphatic rings. The number of carbonyl (C=O) groups is 2. The SMILES string of the molecule is O=C(NC1CCC1)C(=O)c1c(Cl)n(Cc2ccc(Cl)cc2)c2ccc(Cl)cc12. The predicted molar refractivity (Wildman–Crippen MR) is 113 cm³/mol. The highest BCUT2D eigenvalue weighted by atomic mass is 35.5. The Labute approximate surface area is 177 Å². The molecule has 1 fully saturated rings. The zero-order valence-corrected chi connectivity index (χ0v) is 17.1. The molecule has 144 valence electrons. The Morgan fingerprint density at radius 2 is 1.68 bits per heavy atom. The summed E-state index contributed by atoms with van der Waals surface area (Å²) >= 11 is 18.7. The van der Waals surface area contributed by atoms with Crippen molar-refractivity contribution in [3.8, 4) is 0 Å². The van der Waals surface area contributed by atoms with E-state index < -0.39 is 11.7 Å². The number of nitrogens with one attached hydrogen (secondary N) is 1. The number of hydrogen-bond donors (Lipinski definition) is 1. The third-order valence-corrected chi connectivity index (χ3v) is 5.97. The van der Waals surface area contributed by atoms with Crippen LogP contribution in [0.5, 0.6) is 0 Å². The molecule has 4 rings (SSSR count). The average molecular weight is 436 g/mol. The van der Waals surface area contributed by atoms with Gasteiger partial charge in [0.25, 0.3) is 11.7 Å². The predicted octanol–water partition coefficient (Wildman–Crippen LogP) is 5.50. The fraction of sp³-hybridized carbons (Fsp3) is 0.238. The van der Waals surface area contributed by atoms with Crippen LogP contribution in [0.4, 0.5) is 0 Å². The van der Waals surface area contributed by atoms with Crippen molar-refractivity contribution < 1.29 is 9.59 Å². The third kappa shape index (κ3) is 3.64. The van der Waals surface area contributed by atoms with Crippen LogP contribution in [-0.2, 0) is 11.3 Å². The van der Waals surface area contributed by atoms with Gasteiger partial charge in [-0.2, -0.15) is 0 Å². The van der Waals surface area contributed by atoms with Crippen molar-refractivity contribution in [3.05, 3.63) is 68.8 Å². The molecule has 0 aliphatic heterocycles. The van der Waals surface area contributed by atoms with E-state index in [1.54, 1.807) is 34.9 Å². The number of amides is 1. The molecule has 0 unspecified atom stereocenters. The van der Waals surface area contributed by atoms with Crippen molar-refractivity contribution in [2.45, 2.75) is 31.8 Å². The fourth-order valence-electron chi connectivity index (χ4n) is 3.36. The van der Waals surface area contributed by atoms with Crippen molar-refractivity contribution in [3.63, 3.8) is 0 Å². The Balaban J connectivity index is 1.76. The second-order valence-corrected chi connectivity index (χ2v) is 8.20. The molecule has 1 aliphatic carbocycles. The number of benzene rings is 2. The third-order valence-electron chi connectivity index (χ3n) is 5.09. The van der Waals surface area contributed by atoms with E-state index in [0.29, 0.717) is 22.0 Å². The van der Waals surface area contributed by atoms with Crippen molar-refractivity contribution in [2.24, 2.45) is 0 Å². The summed E-state index contributed by atoms with van der Waals surface area (Å²) in [6, 6.07) is 12.7. The molecular formula is C21H17Cl3N2O2. The number of carbonyl (C=O) groups excluding carboxylic acids is 2. The Kier molecular flexibility index (Phi) is 5.37. The molecule has 1 N–H and O–H groups in total. The van der Waals surface area contributed by atoms with Gasteiger partial charge in [-0.25, -0.2) is 0 Å². The van der Waals surface area contributed by atoms with E-state index in [-0.39, 0.29) is 16.8 Å². The zero-order valence-electron chi connectivity index (χ0n) is 14.8. The van der Waals surface area contributed by atoms with Crippen LogP contribution >= 0.6 is 34.8 Å². The lowest BCUT2D eigenvalue weighted by atomic mass is 9.93. The van der Waals surface area contributed by atoms with Crippen LogP contribution in [0.2, 0.25) is 15.2 Å². The lowest BCUT2D eigenvalue weighted by molar-refractivity contribution is -0.118. The molecular weight excluding hydrogens is 419 g/mol. The number of halogens is 3. The maximum absolute atomic E-state index is 12.9. The van der Waals surface area contributed by atoms with E-state index in [4.69, 9.17) is 34.8 Å². The number of nitrogens with zero attached hydrogens (tertiary/aromatic N) is 1. The fourth-order valence-corrected chi connectivity index (χ4v) is 3.99. The van der Waals surface area contributed by atoms with Gasteiger partial charge in [0.1, 0.15) is 5.15 Å². The van der Waals surface area contributed by atoms with E-state index in [0.717, 1.165) is 30.3 Å². The molecule has 0 atom stereocenters. The maximum atomic E-state index is 12.9. The largest absolute Gasteiger partial charge is 0.346 e. The van der Waals surface area contributed by atoms with Crippen molar-refractivity contribution in [1.29, 1.82) is 0 Å². The van der Waals surface area contributed by atoms with Gasteiger partial charge in [0, 0.05) is 28.0 Å². The molecule has 0 saturated heterocycles. The summed E-state index contributed by atoms with van der Waals surface area (Å²) in [5.74, 6) is -1.27. The summed E-state index contributed by atoms with van der Waals surface area (Å²) in [5, 5.41) is 4.69. The first-order chi connectivity index (χ1) is 13.4. The number of fused-ring (bicyclic) bond motifs is 1. The average Bonchev–Trinajstić information content (AvgIpc) is 2.90. The molecule has 0 spiro atoms. The summed E-state index contributed by atoms with van der Waals surface area (Å²) in [6.07, 6.45) is 2.86. The second kappa shape index (κ2) is 7.78. The molecule has 7 heteroatoms. The van der Waals surface area contributed by atoms with Crippen LogP contribution in [0.25, 0.3) is 10.9 Å². The molecule has 1 amide bonds. The highest BCUT2D eigenvalue weighted by Gasteiger charge is 2.29. The zero-order chi connectivity index (χ0) is 19.8. The number of ketones is 1. The quantitative estimate of drug-likeness (QED) is 0.425. The van der Waals surface area contributed by atoms with E-state index in [1.807, 2.05) is 12.1 Å². The summed E-state index contributed by atoms with van der Waals surface area (Å²) < 4.78 is 1.81. The lowest BCUT2D eigenvalue weighted by Crippen LogP contribution is -2.43. The molecule has 1 heterocycles. The molecule has 3 aromatic rings. The van der Waals surface area contributed by atoms with Crippen LogP contribution in [0, 0.1) is 0 Å². The summed E-state index contributed by atoms with van der Waals surface area (Å²) in [7, 11) is 0. The van der Waals surface area contributed by atoms with Crippen molar-refractivity contribution in [1.82, 2.24) is 9.88 Å². The van der Waals surface area contributed by atoms with Gasteiger partial charge >= 0.3 is 0 Å². The molecule has 2 aromatic carbocycles. The Morgan fingerprint density at radius 1 is 1.00 bits per heavy atom. The first kappa shape index (κ1) is 19.3. The highest BCUT2D eigenvalue weighted by Crippen LogP contribution is 2.33. The van der Waals surface area contributed by atoms with Gasteiger partial charge in [-0.15, -0.1) is 0 Å². The van der Waals surface area contributed by atoms with Crippen LogP contribution in [0.3, 0.4) is 0 Å².